The highest BCUT2D eigenvalue weighted by Gasteiger charge is 2.23. The Labute approximate surface area is 116 Å². The van der Waals surface area contributed by atoms with Gasteiger partial charge in [-0.15, -0.1) is 0 Å². The van der Waals surface area contributed by atoms with Gasteiger partial charge in [0.15, 0.2) is 0 Å². The number of non-ortho nitro benzene ring substituents is 1. The van der Waals surface area contributed by atoms with Gasteiger partial charge >= 0.3 is 0 Å². The molecule has 1 aromatic rings. The SMILES string of the molecule is CC1CCCC(NC(=O)c2cc([N+](=O)[O-])ccc2F)C1. The number of amides is 1. The van der Waals surface area contributed by atoms with Crippen molar-refractivity contribution in [2.75, 3.05) is 0 Å². The van der Waals surface area contributed by atoms with Crippen molar-refractivity contribution in [3.8, 4) is 0 Å². The lowest BCUT2D eigenvalue weighted by Crippen LogP contribution is -2.38. The van der Waals surface area contributed by atoms with Gasteiger partial charge in [-0.05, 0) is 24.8 Å². The van der Waals surface area contributed by atoms with Gasteiger partial charge in [-0.25, -0.2) is 4.39 Å². The lowest BCUT2D eigenvalue weighted by Gasteiger charge is -2.27. The molecule has 0 bridgehead atoms. The van der Waals surface area contributed by atoms with Crippen LogP contribution in [-0.4, -0.2) is 16.9 Å². The van der Waals surface area contributed by atoms with Crippen molar-refractivity contribution in [3.05, 3.63) is 39.7 Å². The molecule has 1 fully saturated rings. The van der Waals surface area contributed by atoms with E-state index in [2.05, 4.69) is 12.2 Å². The Hall–Kier alpha value is -1.98. The molecule has 1 aliphatic carbocycles. The molecule has 5 nitrogen and oxygen atoms in total. The first-order chi connectivity index (χ1) is 9.47. The van der Waals surface area contributed by atoms with Crippen LogP contribution in [0.4, 0.5) is 10.1 Å². The number of halogens is 1. The predicted molar refractivity (Wildman–Crippen MR) is 71.9 cm³/mol. The maximum Gasteiger partial charge on any atom is 0.270 e. The fraction of sp³-hybridized carbons (Fsp3) is 0.500. The first-order valence-corrected chi connectivity index (χ1v) is 6.72. The summed E-state index contributed by atoms with van der Waals surface area (Å²) in [6, 6.07) is 3.01. The Morgan fingerprint density at radius 2 is 2.20 bits per heavy atom. The summed E-state index contributed by atoms with van der Waals surface area (Å²) in [5.74, 6) is -0.786. The third-order valence-electron chi connectivity index (χ3n) is 3.68. The van der Waals surface area contributed by atoms with Gasteiger partial charge in [-0.3, -0.25) is 14.9 Å². The number of rotatable bonds is 3. The Morgan fingerprint density at radius 3 is 2.85 bits per heavy atom. The normalized spacial score (nSPS) is 22.3. The van der Waals surface area contributed by atoms with Crippen LogP contribution in [0.1, 0.15) is 43.0 Å². The number of nitro groups is 1. The second-order valence-corrected chi connectivity index (χ2v) is 5.36. The van der Waals surface area contributed by atoms with Gasteiger partial charge in [0.2, 0.25) is 0 Å². The molecule has 0 aliphatic heterocycles. The predicted octanol–water partition coefficient (Wildman–Crippen LogP) is 3.04. The number of carbonyl (C=O) groups excluding carboxylic acids is 1. The summed E-state index contributed by atoms with van der Waals surface area (Å²) in [7, 11) is 0. The van der Waals surface area contributed by atoms with E-state index in [9.17, 15) is 19.3 Å². The first kappa shape index (κ1) is 14.4. The molecular weight excluding hydrogens is 263 g/mol. The van der Waals surface area contributed by atoms with Crippen molar-refractivity contribution in [2.24, 2.45) is 5.92 Å². The summed E-state index contributed by atoms with van der Waals surface area (Å²) in [4.78, 5) is 22.1. The molecule has 0 saturated heterocycles. The molecule has 0 spiro atoms. The van der Waals surface area contributed by atoms with Gasteiger partial charge in [-0.2, -0.15) is 0 Å². The van der Waals surface area contributed by atoms with Crippen molar-refractivity contribution in [1.29, 1.82) is 0 Å². The summed E-state index contributed by atoms with van der Waals surface area (Å²) in [5.41, 5.74) is -0.550. The van der Waals surface area contributed by atoms with E-state index in [-0.39, 0.29) is 17.3 Å². The Bertz CT molecular complexity index is 533. The van der Waals surface area contributed by atoms with Crippen molar-refractivity contribution in [2.45, 2.75) is 38.6 Å². The molecule has 1 amide bonds. The number of nitrogens with zero attached hydrogens (tertiary/aromatic N) is 1. The maximum atomic E-state index is 13.6. The zero-order valence-corrected chi connectivity index (χ0v) is 11.3. The summed E-state index contributed by atoms with van der Waals surface area (Å²) in [6.45, 7) is 2.12. The van der Waals surface area contributed by atoms with Crippen LogP contribution in [0.5, 0.6) is 0 Å². The molecule has 20 heavy (non-hydrogen) atoms. The molecular formula is C14H17FN2O3. The minimum Gasteiger partial charge on any atom is -0.349 e. The van der Waals surface area contributed by atoms with Crippen LogP contribution in [0.25, 0.3) is 0 Å². The summed E-state index contributed by atoms with van der Waals surface area (Å²) >= 11 is 0. The molecule has 1 saturated carbocycles. The van der Waals surface area contributed by atoms with Gasteiger partial charge in [-0.1, -0.05) is 19.8 Å². The first-order valence-electron chi connectivity index (χ1n) is 6.72. The van der Waals surface area contributed by atoms with Gasteiger partial charge in [0.25, 0.3) is 11.6 Å². The third-order valence-corrected chi connectivity index (χ3v) is 3.68. The quantitative estimate of drug-likeness (QED) is 0.683. The highest BCUT2D eigenvalue weighted by Crippen LogP contribution is 2.24. The van der Waals surface area contributed by atoms with E-state index in [1.165, 1.54) is 0 Å². The van der Waals surface area contributed by atoms with Crippen LogP contribution in [-0.2, 0) is 0 Å². The van der Waals surface area contributed by atoms with Crippen LogP contribution < -0.4 is 5.32 Å². The minimum absolute atomic E-state index is 0.0184. The molecule has 0 heterocycles. The van der Waals surface area contributed by atoms with E-state index < -0.39 is 16.6 Å². The van der Waals surface area contributed by atoms with E-state index in [1.807, 2.05) is 0 Å². The highest BCUT2D eigenvalue weighted by atomic mass is 19.1. The molecule has 0 radical (unpaired) electrons. The van der Waals surface area contributed by atoms with Crippen molar-refractivity contribution in [1.82, 2.24) is 5.32 Å². The number of nitrogens with one attached hydrogen (secondary N) is 1. The molecule has 0 aromatic heterocycles. The largest absolute Gasteiger partial charge is 0.349 e. The second-order valence-electron chi connectivity index (χ2n) is 5.36. The number of nitro benzene ring substituents is 1. The monoisotopic (exact) mass is 280 g/mol. The Morgan fingerprint density at radius 1 is 1.45 bits per heavy atom. The van der Waals surface area contributed by atoms with Crippen molar-refractivity contribution < 1.29 is 14.1 Å². The Balaban J connectivity index is 2.12. The second kappa shape index (κ2) is 5.98. The molecule has 1 aliphatic rings. The highest BCUT2D eigenvalue weighted by molar-refractivity contribution is 5.95. The van der Waals surface area contributed by atoms with Gasteiger partial charge < -0.3 is 5.32 Å². The minimum atomic E-state index is -0.739. The van der Waals surface area contributed by atoms with E-state index in [0.29, 0.717) is 5.92 Å². The fourth-order valence-corrected chi connectivity index (χ4v) is 2.63. The van der Waals surface area contributed by atoms with E-state index in [1.54, 1.807) is 0 Å². The van der Waals surface area contributed by atoms with Crippen LogP contribution >= 0.6 is 0 Å². The number of hydrogen-bond acceptors (Lipinski definition) is 3. The van der Waals surface area contributed by atoms with Crippen LogP contribution in [0, 0.1) is 21.8 Å². The van der Waals surface area contributed by atoms with E-state index in [4.69, 9.17) is 0 Å². The smallest absolute Gasteiger partial charge is 0.270 e. The standard InChI is InChI=1S/C14H17FN2O3/c1-9-3-2-4-10(7-9)16-14(18)12-8-11(17(19)20)5-6-13(12)15/h5-6,8-10H,2-4,7H2,1H3,(H,16,18). The molecule has 108 valence electrons. The van der Waals surface area contributed by atoms with Crippen LogP contribution in [0.3, 0.4) is 0 Å². The lowest BCUT2D eigenvalue weighted by molar-refractivity contribution is -0.384. The van der Waals surface area contributed by atoms with E-state index >= 15 is 0 Å². The summed E-state index contributed by atoms with van der Waals surface area (Å²) in [6.07, 6.45) is 3.90. The molecule has 2 atom stereocenters. The molecule has 1 aromatic carbocycles. The molecule has 2 rings (SSSR count). The number of hydrogen-bond donors (Lipinski definition) is 1. The topological polar surface area (TPSA) is 72.2 Å². The van der Waals surface area contributed by atoms with E-state index in [0.717, 1.165) is 43.9 Å². The number of carbonyl (C=O) groups is 1. The van der Waals surface area contributed by atoms with Gasteiger partial charge in [0.1, 0.15) is 5.82 Å². The van der Waals surface area contributed by atoms with Crippen molar-refractivity contribution in [3.63, 3.8) is 0 Å². The average Bonchev–Trinajstić information content (AvgIpc) is 2.38. The van der Waals surface area contributed by atoms with Gasteiger partial charge in [0, 0.05) is 18.2 Å². The lowest BCUT2D eigenvalue weighted by atomic mass is 9.87. The molecule has 1 N–H and O–H groups in total. The van der Waals surface area contributed by atoms with Gasteiger partial charge in [0.05, 0.1) is 10.5 Å². The molecule has 2 unspecified atom stereocenters. The zero-order valence-electron chi connectivity index (χ0n) is 11.3. The summed E-state index contributed by atoms with van der Waals surface area (Å²) < 4.78 is 13.6. The average molecular weight is 280 g/mol. The zero-order chi connectivity index (χ0) is 14.7. The third kappa shape index (κ3) is 3.31. The summed E-state index contributed by atoms with van der Waals surface area (Å²) in [5, 5.41) is 13.4. The number of benzene rings is 1. The van der Waals surface area contributed by atoms with Crippen molar-refractivity contribution >= 4 is 11.6 Å². The van der Waals surface area contributed by atoms with Crippen LogP contribution in [0.15, 0.2) is 18.2 Å². The van der Waals surface area contributed by atoms with Crippen LogP contribution in [0.2, 0.25) is 0 Å². The maximum absolute atomic E-state index is 13.6. The fourth-order valence-electron chi connectivity index (χ4n) is 2.63. The molecule has 6 heteroatoms. The Kier molecular flexibility index (Phi) is 4.32.